The molecule has 0 saturated heterocycles. The van der Waals surface area contributed by atoms with Crippen LogP contribution in [0.3, 0.4) is 0 Å². The van der Waals surface area contributed by atoms with Gasteiger partial charge in [0.15, 0.2) is 0 Å². The lowest BCUT2D eigenvalue weighted by Gasteiger charge is -2.19. The number of hydrogen-bond donors (Lipinski definition) is 1. The quantitative estimate of drug-likeness (QED) is 0.685. The summed E-state index contributed by atoms with van der Waals surface area (Å²) in [6, 6.07) is 9.11. The molecule has 106 valence electrons. The van der Waals surface area contributed by atoms with Gasteiger partial charge in [-0.3, -0.25) is 0 Å². The SMILES string of the molecule is CCCN(CC)CCNCc1cccc(C2CC2)c1. The minimum absolute atomic E-state index is 0.861. The average Bonchev–Trinajstić information content (AvgIpc) is 3.27. The number of likely N-dealkylation sites (N-methyl/N-ethyl adjacent to an activating group) is 1. The molecular weight excluding hydrogens is 232 g/mol. The normalized spacial score (nSPS) is 15.1. The van der Waals surface area contributed by atoms with Crippen LogP contribution >= 0.6 is 0 Å². The molecule has 0 amide bonds. The first-order valence-electron chi connectivity index (χ1n) is 7.85. The Hall–Kier alpha value is -0.860. The summed E-state index contributed by atoms with van der Waals surface area (Å²) in [5, 5.41) is 3.57. The van der Waals surface area contributed by atoms with Crippen molar-refractivity contribution in [2.75, 3.05) is 26.2 Å². The second-order valence-electron chi connectivity index (χ2n) is 5.63. The van der Waals surface area contributed by atoms with Crippen LogP contribution in [0.2, 0.25) is 0 Å². The van der Waals surface area contributed by atoms with Crippen LogP contribution in [0, 0.1) is 0 Å². The average molecular weight is 260 g/mol. The van der Waals surface area contributed by atoms with Crippen molar-refractivity contribution in [2.45, 2.75) is 45.6 Å². The number of hydrogen-bond acceptors (Lipinski definition) is 2. The second kappa shape index (κ2) is 7.66. The van der Waals surface area contributed by atoms with Gasteiger partial charge in [0, 0.05) is 19.6 Å². The Labute approximate surface area is 118 Å². The minimum Gasteiger partial charge on any atom is -0.311 e. The van der Waals surface area contributed by atoms with E-state index in [1.807, 2.05) is 0 Å². The van der Waals surface area contributed by atoms with Crippen LogP contribution in [-0.2, 0) is 6.54 Å². The lowest BCUT2D eigenvalue weighted by atomic mass is 10.1. The van der Waals surface area contributed by atoms with E-state index in [-0.39, 0.29) is 0 Å². The molecule has 0 spiro atoms. The summed E-state index contributed by atoms with van der Waals surface area (Å²) in [6.45, 7) is 10.1. The van der Waals surface area contributed by atoms with Gasteiger partial charge in [-0.2, -0.15) is 0 Å². The fourth-order valence-electron chi connectivity index (χ4n) is 2.59. The first-order valence-corrected chi connectivity index (χ1v) is 7.85. The third-order valence-corrected chi connectivity index (χ3v) is 3.92. The van der Waals surface area contributed by atoms with Crippen LogP contribution in [0.15, 0.2) is 24.3 Å². The van der Waals surface area contributed by atoms with Gasteiger partial charge in [0.05, 0.1) is 0 Å². The van der Waals surface area contributed by atoms with Gasteiger partial charge in [-0.05, 0) is 49.4 Å². The van der Waals surface area contributed by atoms with Gasteiger partial charge in [0.2, 0.25) is 0 Å². The van der Waals surface area contributed by atoms with Crippen LogP contribution < -0.4 is 5.32 Å². The van der Waals surface area contributed by atoms with Gasteiger partial charge in [0.1, 0.15) is 0 Å². The van der Waals surface area contributed by atoms with Gasteiger partial charge >= 0.3 is 0 Å². The van der Waals surface area contributed by atoms with Crippen LogP contribution in [0.25, 0.3) is 0 Å². The number of benzene rings is 1. The van der Waals surface area contributed by atoms with E-state index in [0.717, 1.165) is 32.1 Å². The Morgan fingerprint density at radius 1 is 1.21 bits per heavy atom. The summed E-state index contributed by atoms with van der Waals surface area (Å²) in [4.78, 5) is 2.51. The van der Waals surface area contributed by atoms with Crippen LogP contribution in [0.1, 0.15) is 50.2 Å². The van der Waals surface area contributed by atoms with Crippen LogP contribution in [-0.4, -0.2) is 31.1 Å². The third-order valence-electron chi connectivity index (χ3n) is 3.92. The van der Waals surface area contributed by atoms with E-state index in [9.17, 15) is 0 Å². The minimum atomic E-state index is 0.861. The molecule has 1 saturated carbocycles. The van der Waals surface area contributed by atoms with E-state index in [2.05, 4.69) is 48.3 Å². The first-order chi connectivity index (χ1) is 9.33. The predicted octanol–water partition coefficient (Wildman–Crippen LogP) is 3.39. The third kappa shape index (κ3) is 4.96. The monoisotopic (exact) mass is 260 g/mol. The van der Waals surface area contributed by atoms with Crippen molar-refractivity contribution in [3.05, 3.63) is 35.4 Å². The van der Waals surface area contributed by atoms with Crippen molar-refractivity contribution in [1.29, 1.82) is 0 Å². The molecular formula is C17H28N2. The van der Waals surface area contributed by atoms with Crippen molar-refractivity contribution >= 4 is 0 Å². The zero-order chi connectivity index (χ0) is 13.5. The number of rotatable bonds is 9. The molecule has 2 nitrogen and oxygen atoms in total. The Morgan fingerprint density at radius 2 is 2.05 bits per heavy atom. The van der Waals surface area contributed by atoms with E-state index in [1.54, 1.807) is 5.56 Å². The van der Waals surface area contributed by atoms with Crippen LogP contribution in [0.5, 0.6) is 0 Å². The Kier molecular flexibility index (Phi) is 5.87. The number of nitrogens with one attached hydrogen (secondary N) is 1. The Bertz CT molecular complexity index is 371. The molecule has 1 aromatic rings. The molecule has 1 aliphatic rings. The number of nitrogens with zero attached hydrogens (tertiary/aromatic N) is 1. The highest BCUT2D eigenvalue weighted by molar-refractivity contribution is 5.29. The maximum atomic E-state index is 3.57. The fraction of sp³-hybridized carbons (Fsp3) is 0.647. The van der Waals surface area contributed by atoms with E-state index in [4.69, 9.17) is 0 Å². The molecule has 1 fully saturated rings. The largest absolute Gasteiger partial charge is 0.311 e. The van der Waals surface area contributed by atoms with E-state index < -0.39 is 0 Å². The maximum Gasteiger partial charge on any atom is 0.0206 e. The molecule has 0 radical (unpaired) electrons. The molecule has 2 rings (SSSR count). The summed E-state index contributed by atoms with van der Waals surface area (Å²) < 4.78 is 0. The highest BCUT2D eigenvalue weighted by atomic mass is 15.1. The molecule has 2 heteroatoms. The van der Waals surface area contributed by atoms with Crippen LogP contribution in [0.4, 0.5) is 0 Å². The molecule has 19 heavy (non-hydrogen) atoms. The van der Waals surface area contributed by atoms with Gasteiger partial charge in [-0.15, -0.1) is 0 Å². The molecule has 0 aromatic heterocycles. The van der Waals surface area contributed by atoms with Crippen molar-refractivity contribution < 1.29 is 0 Å². The molecule has 0 aliphatic heterocycles. The molecule has 0 heterocycles. The Morgan fingerprint density at radius 3 is 2.74 bits per heavy atom. The summed E-state index contributed by atoms with van der Waals surface area (Å²) >= 11 is 0. The second-order valence-corrected chi connectivity index (χ2v) is 5.63. The van der Waals surface area contributed by atoms with E-state index in [0.29, 0.717) is 0 Å². The fourth-order valence-corrected chi connectivity index (χ4v) is 2.59. The molecule has 0 atom stereocenters. The van der Waals surface area contributed by atoms with Crippen molar-refractivity contribution in [3.63, 3.8) is 0 Å². The maximum absolute atomic E-state index is 3.57. The highest BCUT2D eigenvalue weighted by Crippen LogP contribution is 2.40. The molecule has 1 N–H and O–H groups in total. The summed E-state index contributed by atoms with van der Waals surface area (Å²) in [6.07, 6.45) is 4.02. The smallest absolute Gasteiger partial charge is 0.0206 e. The molecule has 1 aliphatic carbocycles. The van der Waals surface area contributed by atoms with Gasteiger partial charge < -0.3 is 10.2 Å². The molecule has 0 unspecified atom stereocenters. The van der Waals surface area contributed by atoms with Gasteiger partial charge in [0.25, 0.3) is 0 Å². The summed E-state index contributed by atoms with van der Waals surface area (Å²) in [5.74, 6) is 0.861. The summed E-state index contributed by atoms with van der Waals surface area (Å²) in [5.41, 5.74) is 2.98. The van der Waals surface area contributed by atoms with E-state index in [1.165, 1.54) is 31.4 Å². The highest BCUT2D eigenvalue weighted by Gasteiger charge is 2.23. The van der Waals surface area contributed by atoms with Crippen molar-refractivity contribution in [1.82, 2.24) is 10.2 Å². The lowest BCUT2D eigenvalue weighted by molar-refractivity contribution is 0.287. The zero-order valence-electron chi connectivity index (χ0n) is 12.5. The standard InChI is InChI=1S/C17H28N2/c1-3-11-19(4-2)12-10-18-14-15-6-5-7-17(13-15)16-8-9-16/h5-7,13,16,18H,3-4,8-12,14H2,1-2H3. The van der Waals surface area contributed by atoms with Gasteiger partial charge in [-0.1, -0.05) is 38.1 Å². The van der Waals surface area contributed by atoms with Crippen molar-refractivity contribution in [2.24, 2.45) is 0 Å². The topological polar surface area (TPSA) is 15.3 Å². The lowest BCUT2D eigenvalue weighted by Crippen LogP contribution is -2.32. The van der Waals surface area contributed by atoms with Crippen molar-refractivity contribution in [3.8, 4) is 0 Å². The molecule has 0 bridgehead atoms. The Balaban J connectivity index is 1.68. The zero-order valence-corrected chi connectivity index (χ0v) is 12.5. The van der Waals surface area contributed by atoms with Gasteiger partial charge in [-0.25, -0.2) is 0 Å². The molecule has 1 aromatic carbocycles. The van der Waals surface area contributed by atoms with E-state index >= 15 is 0 Å². The predicted molar refractivity (Wildman–Crippen MR) is 82.5 cm³/mol. The summed E-state index contributed by atoms with van der Waals surface area (Å²) in [7, 11) is 0. The first kappa shape index (κ1) is 14.5.